The Morgan fingerprint density at radius 3 is 2.03 bits per heavy atom. The summed E-state index contributed by atoms with van der Waals surface area (Å²) >= 11 is 0. The summed E-state index contributed by atoms with van der Waals surface area (Å²) in [6.07, 6.45) is 5.50. The molecule has 0 aromatic heterocycles. The molecule has 0 aliphatic heterocycles. The minimum absolute atomic E-state index is 0.0355. The van der Waals surface area contributed by atoms with Crippen LogP contribution in [0.5, 0.6) is 5.75 Å². The first-order valence-corrected chi connectivity index (χ1v) is 11.6. The van der Waals surface area contributed by atoms with Gasteiger partial charge in [-0.2, -0.15) is 8.78 Å². The Kier molecular flexibility index (Phi) is 7.11. The molecule has 1 nitrogen and oxygen atoms in total. The second kappa shape index (κ2) is 10.0. The number of alkyl halides is 2. The molecule has 1 fully saturated rings. The zero-order valence-corrected chi connectivity index (χ0v) is 19.3. The van der Waals surface area contributed by atoms with Gasteiger partial charge in [0.05, 0.1) is 11.1 Å². The molecule has 1 aliphatic rings. The number of benzene rings is 3. The smallest absolute Gasteiger partial charge is 0.426 e. The molecule has 34 heavy (non-hydrogen) atoms. The molecule has 3 aromatic carbocycles. The second-order valence-corrected chi connectivity index (χ2v) is 9.25. The molecule has 0 radical (unpaired) electrons. The number of rotatable bonds is 6. The lowest BCUT2D eigenvalue weighted by atomic mass is 9.83. The van der Waals surface area contributed by atoms with Crippen molar-refractivity contribution >= 4 is 6.08 Å². The number of hydrogen-bond acceptors (Lipinski definition) is 1. The average Bonchev–Trinajstić information content (AvgIpc) is 2.79. The van der Waals surface area contributed by atoms with Crippen LogP contribution in [0.15, 0.2) is 66.7 Å². The van der Waals surface area contributed by atoms with Crippen molar-refractivity contribution in [3.8, 4) is 16.9 Å². The molecule has 4 rings (SSSR count). The van der Waals surface area contributed by atoms with E-state index >= 15 is 0 Å². The zero-order valence-electron chi connectivity index (χ0n) is 19.3. The van der Waals surface area contributed by atoms with Gasteiger partial charge in [-0.05, 0) is 84.7 Å². The van der Waals surface area contributed by atoms with Gasteiger partial charge in [0.2, 0.25) is 0 Å². The fourth-order valence-electron chi connectivity index (χ4n) is 4.39. The van der Waals surface area contributed by atoms with Crippen LogP contribution >= 0.6 is 0 Å². The summed E-state index contributed by atoms with van der Waals surface area (Å²) in [5, 5.41) is 0. The van der Waals surface area contributed by atoms with Crippen molar-refractivity contribution in [2.24, 2.45) is 11.8 Å². The molecular weight excluding hydrogens is 440 g/mol. The van der Waals surface area contributed by atoms with Crippen LogP contribution in [-0.4, -0.2) is 0 Å². The Balaban J connectivity index is 1.42. The maximum atomic E-state index is 14.7. The molecule has 0 spiro atoms. The van der Waals surface area contributed by atoms with Gasteiger partial charge in [-0.1, -0.05) is 56.2 Å². The van der Waals surface area contributed by atoms with Gasteiger partial charge in [-0.3, -0.25) is 0 Å². The van der Waals surface area contributed by atoms with Crippen LogP contribution in [0, 0.1) is 30.4 Å². The predicted molar refractivity (Wildman–Crippen MR) is 128 cm³/mol. The largest absolute Gasteiger partial charge is 0.429 e. The first-order valence-electron chi connectivity index (χ1n) is 11.6. The first-order chi connectivity index (χ1) is 16.2. The van der Waals surface area contributed by atoms with Crippen molar-refractivity contribution in [3.63, 3.8) is 0 Å². The summed E-state index contributed by atoms with van der Waals surface area (Å²) in [4.78, 5) is 0. The van der Waals surface area contributed by atoms with E-state index in [0.29, 0.717) is 11.5 Å². The van der Waals surface area contributed by atoms with Crippen molar-refractivity contribution in [2.75, 3.05) is 0 Å². The molecule has 0 amide bonds. The minimum Gasteiger partial charge on any atom is -0.429 e. The molecule has 5 heteroatoms. The van der Waals surface area contributed by atoms with E-state index < -0.39 is 23.3 Å². The molecular formula is C29H28F4O. The molecule has 0 bridgehead atoms. The van der Waals surface area contributed by atoms with Crippen LogP contribution in [0.1, 0.15) is 49.3 Å². The van der Waals surface area contributed by atoms with E-state index in [1.54, 1.807) is 19.1 Å². The quantitative estimate of drug-likeness (QED) is 0.328. The van der Waals surface area contributed by atoms with Crippen LogP contribution < -0.4 is 4.74 Å². The molecule has 1 aliphatic carbocycles. The molecule has 0 atom stereocenters. The third-order valence-corrected chi connectivity index (χ3v) is 6.44. The van der Waals surface area contributed by atoms with Crippen LogP contribution in [0.4, 0.5) is 17.6 Å². The highest BCUT2D eigenvalue weighted by atomic mass is 19.3. The number of ether oxygens (including phenoxy) is 1. The van der Waals surface area contributed by atoms with Crippen LogP contribution in [-0.2, 0) is 6.11 Å². The van der Waals surface area contributed by atoms with Gasteiger partial charge in [0, 0.05) is 0 Å². The number of aryl methyl sites for hydroxylation is 1. The number of hydrogen-bond donors (Lipinski definition) is 0. The predicted octanol–water partition coefficient (Wildman–Crippen LogP) is 8.91. The highest BCUT2D eigenvalue weighted by Crippen LogP contribution is 2.35. The van der Waals surface area contributed by atoms with Crippen molar-refractivity contribution < 1.29 is 22.3 Å². The Bertz CT molecular complexity index is 1120. The number of halogens is 4. The molecule has 0 N–H and O–H groups in total. The Hall–Kier alpha value is -3.08. The SMILES string of the molecule is Cc1cc(F)c(-c2ccc(C(F)(F)Oc3ccc(/C=C/C4CCC(C)CC4)cc3)cc2)c(F)c1. The standard InChI is InChI=1S/C29H28F4O/c1-19-3-5-21(6-4-19)7-8-22-9-15-25(16-10-22)34-29(32,33)24-13-11-23(12-14-24)28-26(30)17-20(2)18-27(28)31/h7-19,21H,3-6H2,1-2H3/b8-7+. The lowest BCUT2D eigenvalue weighted by Gasteiger charge is -2.23. The van der Waals surface area contributed by atoms with Gasteiger partial charge in [0.1, 0.15) is 17.4 Å². The topological polar surface area (TPSA) is 9.23 Å². The normalized spacial score (nSPS) is 18.9. The van der Waals surface area contributed by atoms with E-state index in [1.165, 1.54) is 62.1 Å². The minimum atomic E-state index is -3.60. The van der Waals surface area contributed by atoms with Crippen LogP contribution in [0.3, 0.4) is 0 Å². The summed E-state index contributed by atoms with van der Waals surface area (Å²) in [5.41, 5.74) is 0.909. The molecule has 0 saturated heterocycles. The lowest BCUT2D eigenvalue weighted by molar-refractivity contribution is -0.185. The van der Waals surface area contributed by atoms with E-state index in [0.717, 1.165) is 23.6 Å². The van der Waals surface area contributed by atoms with Gasteiger partial charge in [-0.15, -0.1) is 0 Å². The molecule has 0 unspecified atom stereocenters. The molecule has 178 valence electrons. The summed E-state index contributed by atoms with van der Waals surface area (Å²) in [6.45, 7) is 3.86. The zero-order chi connectivity index (χ0) is 24.3. The van der Waals surface area contributed by atoms with E-state index in [1.807, 2.05) is 6.08 Å². The maximum Gasteiger partial charge on any atom is 0.426 e. The summed E-state index contributed by atoms with van der Waals surface area (Å²) < 4.78 is 62.8. The maximum absolute atomic E-state index is 14.7. The van der Waals surface area contributed by atoms with Crippen molar-refractivity contribution in [1.29, 1.82) is 0 Å². The number of allylic oxidation sites excluding steroid dienone is 1. The molecule has 0 heterocycles. The summed E-state index contributed by atoms with van der Waals surface area (Å²) in [5.74, 6) is -0.0700. The van der Waals surface area contributed by atoms with Crippen LogP contribution in [0.2, 0.25) is 0 Å². The van der Waals surface area contributed by atoms with E-state index in [4.69, 9.17) is 4.74 Å². The first kappa shape index (κ1) is 24.1. The summed E-state index contributed by atoms with van der Waals surface area (Å²) in [6, 6.07) is 13.7. The lowest BCUT2D eigenvalue weighted by Crippen LogP contribution is -2.21. The van der Waals surface area contributed by atoms with Gasteiger partial charge >= 0.3 is 6.11 Å². The van der Waals surface area contributed by atoms with Crippen molar-refractivity contribution in [2.45, 2.75) is 45.6 Å². The Morgan fingerprint density at radius 2 is 1.44 bits per heavy atom. The highest BCUT2D eigenvalue weighted by Gasteiger charge is 2.34. The van der Waals surface area contributed by atoms with Crippen molar-refractivity contribution in [1.82, 2.24) is 0 Å². The van der Waals surface area contributed by atoms with Gasteiger partial charge in [-0.25, -0.2) is 8.78 Å². The van der Waals surface area contributed by atoms with E-state index in [-0.39, 0.29) is 16.9 Å². The second-order valence-electron chi connectivity index (χ2n) is 9.25. The van der Waals surface area contributed by atoms with E-state index in [2.05, 4.69) is 13.0 Å². The Morgan fingerprint density at radius 1 is 0.853 bits per heavy atom. The average molecular weight is 469 g/mol. The highest BCUT2D eigenvalue weighted by molar-refractivity contribution is 5.65. The molecule has 1 saturated carbocycles. The third kappa shape index (κ3) is 5.69. The fraction of sp³-hybridized carbons (Fsp3) is 0.310. The van der Waals surface area contributed by atoms with E-state index in [9.17, 15) is 17.6 Å². The monoisotopic (exact) mass is 468 g/mol. The fourth-order valence-corrected chi connectivity index (χ4v) is 4.39. The van der Waals surface area contributed by atoms with Gasteiger partial charge < -0.3 is 4.74 Å². The summed E-state index contributed by atoms with van der Waals surface area (Å²) in [7, 11) is 0. The Labute approximate surface area is 198 Å². The van der Waals surface area contributed by atoms with Gasteiger partial charge in [0.25, 0.3) is 0 Å². The molecule has 3 aromatic rings. The van der Waals surface area contributed by atoms with Crippen molar-refractivity contribution in [3.05, 3.63) is 95.1 Å². The third-order valence-electron chi connectivity index (χ3n) is 6.44. The van der Waals surface area contributed by atoms with Gasteiger partial charge in [0.15, 0.2) is 0 Å². The van der Waals surface area contributed by atoms with Crippen LogP contribution in [0.25, 0.3) is 17.2 Å².